The number of halogens is 2. The van der Waals surface area contributed by atoms with Crippen LogP contribution >= 0.6 is 34.2 Å². The Morgan fingerprint density at radius 2 is 1.90 bits per heavy atom. The Kier molecular flexibility index (Phi) is 6.02. The van der Waals surface area contributed by atoms with Gasteiger partial charge in [-0.3, -0.25) is 4.79 Å². The number of hydrogen-bond acceptors (Lipinski definition) is 1. The summed E-state index contributed by atoms with van der Waals surface area (Å²) < 4.78 is 1.04. The van der Waals surface area contributed by atoms with E-state index in [4.69, 9.17) is 11.6 Å². The van der Waals surface area contributed by atoms with Gasteiger partial charge in [-0.1, -0.05) is 35.9 Å². The van der Waals surface area contributed by atoms with Crippen molar-refractivity contribution >= 4 is 45.8 Å². The van der Waals surface area contributed by atoms with E-state index in [9.17, 15) is 4.79 Å². The lowest BCUT2D eigenvalue weighted by Gasteiger charge is -2.12. The standard InChI is InChI=1S/C16H16ClIN2O/c1-11(12-6-8-13(17)9-7-12)19-10-16(21)20-15-5-3-2-4-14(15)18/h2-9,11,19H,10H2,1H3,(H,20,21)/p+1/t11-/m1/s1. The van der Waals surface area contributed by atoms with Crippen molar-refractivity contribution in [2.45, 2.75) is 13.0 Å². The molecule has 0 aliphatic heterocycles. The van der Waals surface area contributed by atoms with Gasteiger partial charge in [-0.25, -0.2) is 0 Å². The second-order valence-electron chi connectivity index (χ2n) is 4.81. The molecule has 0 unspecified atom stereocenters. The van der Waals surface area contributed by atoms with Crippen LogP contribution in [0.1, 0.15) is 18.5 Å². The summed E-state index contributed by atoms with van der Waals surface area (Å²) in [6, 6.07) is 15.7. The molecule has 110 valence electrons. The van der Waals surface area contributed by atoms with Crippen molar-refractivity contribution in [3.05, 3.63) is 62.7 Å². The van der Waals surface area contributed by atoms with Crippen molar-refractivity contribution in [2.24, 2.45) is 0 Å². The first-order valence-corrected chi connectivity index (χ1v) is 8.15. The predicted molar refractivity (Wildman–Crippen MR) is 94.4 cm³/mol. The number of quaternary nitrogens is 1. The molecule has 3 nitrogen and oxygen atoms in total. The molecule has 2 rings (SSSR count). The minimum Gasteiger partial charge on any atom is -0.333 e. The number of hydrogen-bond donors (Lipinski definition) is 2. The number of anilines is 1. The number of benzene rings is 2. The molecule has 0 saturated carbocycles. The fourth-order valence-electron chi connectivity index (χ4n) is 1.95. The summed E-state index contributed by atoms with van der Waals surface area (Å²) >= 11 is 8.08. The van der Waals surface area contributed by atoms with E-state index in [-0.39, 0.29) is 11.9 Å². The molecule has 1 amide bonds. The van der Waals surface area contributed by atoms with Gasteiger partial charge in [0.15, 0.2) is 6.54 Å². The summed E-state index contributed by atoms with van der Waals surface area (Å²) in [4.78, 5) is 12.0. The predicted octanol–water partition coefficient (Wildman–Crippen LogP) is 3.21. The summed E-state index contributed by atoms with van der Waals surface area (Å²) in [7, 11) is 0. The fourth-order valence-corrected chi connectivity index (χ4v) is 2.60. The van der Waals surface area contributed by atoms with Crippen molar-refractivity contribution in [1.82, 2.24) is 0 Å². The van der Waals surface area contributed by atoms with Gasteiger partial charge in [-0.05, 0) is 53.8 Å². The molecule has 5 heteroatoms. The number of nitrogens with two attached hydrogens (primary N) is 1. The topological polar surface area (TPSA) is 45.7 Å². The van der Waals surface area contributed by atoms with Crippen molar-refractivity contribution in [3.63, 3.8) is 0 Å². The Balaban J connectivity index is 1.86. The Labute approximate surface area is 143 Å². The highest BCUT2D eigenvalue weighted by molar-refractivity contribution is 14.1. The molecule has 0 aromatic heterocycles. The van der Waals surface area contributed by atoms with E-state index in [1.807, 2.05) is 53.8 Å². The van der Waals surface area contributed by atoms with Crippen molar-refractivity contribution in [1.29, 1.82) is 0 Å². The van der Waals surface area contributed by atoms with Crippen LogP contribution in [0.15, 0.2) is 48.5 Å². The van der Waals surface area contributed by atoms with E-state index in [1.165, 1.54) is 0 Å². The highest BCUT2D eigenvalue weighted by Gasteiger charge is 2.12. The van der Waals surface area contributed by atoms with E-state index >= 15 is 0 Å². The monoisotopic (exact) mass is 415 g/mol. The number of rotatable bonds is 5. The molecular weight excluding hydrogens is 399 g/mol. The lowest BCUT2D eigenvalue weighted by Crippen LogP contribution is -2.86. The van der Waals surface area contributed by atoms with Gasteiger partial charge in [-0.15, -0.1) is 0 Å². The molecule has 0 fully saturated rings. The molecule has 0 spiro atoms. The zero-order chi connectivity index (χ0) is 15.2. The number of carbonyl (C=O) groups is 1. The van der Waals surface area contributed by atoms with Gasteiger partial charge >= 0.3 is 0 Å². The first kappa shape index (κ1) is 16.3. The fraction of sp³-hybridized carbons (Fsp3) is 0.188. The van der Waals surface area contributed by atoms with E-state index in [0.717, 1.165) is 19.8 Å². The first-order chi connectivity index (χ1) is 10.1. The summed E-state index contributed by atoms with van der Waals surface area (Å²) in [6.45, 7) is 2.46. The Morgan fingerprint density at radius 1 is 1.24 bits per heavy atom. The average molecular weight is 416 g/mol. The quantitative estimate of drug-likeness (QED) is 0.724. The second-order valence-corrected chi connectivity index (χ2v) is 6.41. The molecule has 0 aliphatic rings. The van der Waals surface area contributed by atoms with Gasteiger partial charge in [-0.2, -0.15) is 0 Å². The number of para-hydroxylation sites is 1. The van der Waals surface area contributed by atoms with Gasteiger partial charge in [0.25, 0.3) is 5.91 Å². The van der Waals surface area contributed by atoms with Crippen LogP contribution in [0, 0.1) is 3.57 Å². The molecule has 1 atom stereocenters. The average Bonchev–Trinajstić information content (AvgIpc) is 2.48. The molecule has 2 aromatic rings. The zero-order valence-electron chi connectivity index (χ0n) is 11.6. The molecule has 0 aliphatic carbocycles. The normalized spacial score (nSPS) is 12.0. The van der Waals surface area contributed by atoms with Gasteiger partial charge in [0.05, 0.1) is 5.69 Å². The van der Waals surface area contributed by atoms with Gasteiger partial charge < -0.3 is 10.6 Å². The van der Waals surface area contributed by atoms with Crippen LogP contribution in [0.3, 0.4) is 0 Å². The highest BCUT2D eigenvalue weighted by atomic mass is 127. The van der Waals surface area contributed by atoms with Crippen LogP contribution in [-0.2, 0) is 4.79 Å². The SMILES string of the molecule is C[C@@H]([NH2+]CC(=O)Nc1ccccc1I)c1ccc(Cl)cc1. The number of nitrogens with one attached hydrogen (secondary N) is 1. The van der Waals surface area contributed by atoms with Crippen LogP contribution in [0.5, 0.6) is 0 Å². The molecule has 21 heavy (non-hydrogen) atoms. The van der Waals surface area contributed by atoms with E-state index in [2.05, 4.69) is 34.8 Å². The largest absolute Gasteiger partial charge is 0.333 e. The number of amides is 1. The molecular formula is C16H17ClIN2O+. The van der Waals surface area contributed by atoms with Crippen LogP contribution in [0.4, 0.5) is 5.69 Å². The third-order valence-electron chi connectivity index (χ3n) is 3.20. The lowest BCUT2D eigenvalue weighted by atomic mass is 10.1. The maximum absolute atomic E-state index is 12.0. The molecule has 3 N–H and O–H groups in total. The van der Waals surface area contributed by atoms with E-state index < -0.39 is 0 Å². The van der Waals surface area contributed by atoms with Crippen LogP contribution in [0.2, 0.25) is 5.02 Å². The molecule has 0 bridgehead atoms. The smallest absolute Gasteiger partial charge is 0.279 e. The van der Waals surface area contributed by atoms with Crippen LogP contribution in [-0.4, -0.2) is 12.5 Å². The number of carbonyl (C=O) groups excluding carboxylic acids is 1. The Morgan fingerprint density at radius 3 is 2.57 bits per heavy atom. The van der Waals surface area contributed by atoms with Crippen molar-refractivity contribution < 1.29 is 10.1 Å². The molecule has 0 saturated heterocycles. The summed E-state index contributed by atoms with van der Waals surface area (Å²) in [5, 5.41) is 5.66. The Hall–Kier alpha value is -1.11. The van der Waals surface area contributed by atoms with E-state index in [1.54, 1.807) is 0 Å². The third kappa shape index (κ3) is 4.98. The summed E-state index contributed by atoms with van der Waals surface area (Å²) in [6.07, 6.45) is 0. The minimum atomic E-state index is -0.0000653. The Bertz CT molecular complexity index is 616. The van der Waals surface area contributed by atoms with Crippen molar-refractivity contribution in [2.75, 3.05) is 11.9 Å². The maximum Gasteiger partial charge on any atom is 0.279 e. The third-order valence-corrected chi connectivity index (χ3v) is 4.39. The van der Waals surface area contributed by atoms with E-state index in [0.29, 0.717) is 6.54 Å². The molecule has 2 aromatic carbocycles. The van der Waals surface area contributed by atoms with Crippen molar-refractivity contribution in [3.8, 4) is 0 Å². The van der Waals surface area contributed by atoms with Crippen LogP contribution < -0.4 is 10.6 Å². The second kappa shape index (κ2) is 7.77. The zero-order valence-corrected chi connectivity index (χ0v) is 14.6. The molecule has 0 radical (unpaired) electrons. The maximum atomic E-state index is 12.0. The van der Waals surface area contributed by atoms with Gasteiger partial charge in [0.2, 0.25) is 0 Å². The minimum absolute atomic E-state index is 0.0000653. The summed E-state index contributed by atoms with van der Waals surface area (Å²) in [5.41, 5.74) is 2.01. The summed E-state index contributed by atoms with van der Waals surface area (Å²) in [5.74, 6) is -0.0000653. The molecule has 0 heterocycles. The lowest BCUT2D eigenvalue weighted by molar-refractivity contribution is -0.682. The van der Waals surface area contributed by atoms with Crippen LogP contribution in [0.25, 0.3) is 0 Å². The van der Waals surface area contributed by atoms with Gasteiger partial charge in [0.1, 0.15) is 6.04 Å². The van der Waals surface area contributed by atoms with Gasteiger partial charge in [0, 0.05) is 14.2 Å². The first-order valence-electron chi connectivity index (χ1n) is 6.69. The highest BCUT2D eigenvalue weighted by Crippen LogP contribution is 2.16.